The van der Waals surface area contributed by atoms with Gasteiger partial charge in [-0.25, -0.2) is 0 Å². The monoisotopic (exact) mass is 412 g/mol. The molecule has 2 rings (SSSR count). The normalized spacial score (nSPS) is 19.6. The summed E-state index contributed by atoms with van der Waals surface area (Å²) in [5.74, 6) is 1.29. The van der Waals surface area contributed by atoms with Crippen molar-refractivity contribution in [3.8, 4) is 0 Å². The molecule has 0 aromatic heterocycles. The van der Waals surface area contributed by atoms with E-state index in [1.807, 2.05) is 25.8 Å². The summed E-state index contributed by atoms with van der Waals surface area (Å²) in [7, 11) is 6.27. The van der Waals surface area contributed by atoms with Gasteiger partial charge >= 0.3 is 0 Å². The number of amides is 1. The molecular formula is C24H52N4O. The molecular weight excluding hydrogens is 360 g/mol. The summed E-state index contributed by atoms with van der Waals surface area (Å²) in [6.45, 7) is 22.3. The van der Waals surface area contributed by atoms with Crippen LogP contribution >= 0.6 is 0 Å². The minimum atomic E-state index is 0.125. The second-order valence-corrected chi connectivity index (χ2v) is 9.87. The zero-order valence-electron chi connectivity index (χ0n) is 21.4. The first-order valence-electron chi connectivity index (χ1n) is 11.9. The lowest BCUT2D eigenvalue weighted by molar-refractivity contribution is -0.136. The third kappa shape index (κ3) is 12.6. The molecule has 2 heterocycles. The fourth-order valence-corrected chi connectivity index (χ4v) is 3.31. The Kier molecular flexibility index (Phi) is 14.9. The number of nitrogens with zero attached hydrogens (tertiary/aromatic N) is 4. The van der Waals surface area contributed by atoms with Crippen LogP contribution in [0.25, 0.3) is 0 Å². The zero-order valence-corrected chi connectivity index (χ0v) is 21.4. The molecule has 2 fully saturated rings. The number of carbonyl (C=O) groups is 1. The largest absolute Gasteiger partial charge is 0.342 e. The van der Waals surface area contributed by atoms with Crippen molar-refractivity contribution < 1.29 is 4.79 Å². The van der Waals surface area contributed by atoms with Crippen molar-refractivity contribution in [2.75, 3.05) is 60.4 Å². The molecule has 1 amide bonds. The highest BCUT2D eigenvalue weighted by Crippen LogP contribution is 2.15. The molecule has 0 spiro atoms. The summed E-state index contributed by atoms with van der Waals surface area (Å²) in [5.41, 5.74) is 0. The van der Waals surface area contributed by atoms with Crippen LogP contribution in [-0.4, -0.2) is 98.0 Å². The predicted molar refractivity (Wildman–Crippen MR) is 127 cm³/mol. The van der Waals surface area contributed by atoms with E-state index in [2.05, 4.69) is 63.4 Å². The maximum Gasteiger partial charge on any atom is 0.225 e. The van der Waals surface area contributed by atoms with E-state index in [9.17, 15) is 4.79 Å². The molecule has 0 aliphatic carbocycles. The van der Waals surface area contributed by atoms with Crippen molar-refractivity contribution in [1.29, 1.82) is 0 Å². The van der Waals surface area contributed by atoms with E-state index in [-0.39, 0.29) is 11.8 Å². The Bertz CT molecular complexity index is 409. The zero-order chi connectivity index (χ0) is 22.6. The number of likely N-dealkylation sites (tertiary alicyclic amines) is 1. The number of likely N-dealkylation sites (N-methyl/N-ethyl adjacent to an activating group) is 1. The topological polar surface area (TPSA) is 30.0 Å². The van der Waals surface area contributed by atoms with Crippen LogP contribution in [0.1, 0.15) is 67.7 Å². The van der Waals surface area contributed by atoms with Crippen LogP contribution in [0.2, 0.25) is 0 Å². The van der Waals surface area contributed by atoms with Crippen molar-refractivity contribution in [3.63, 3.8) is 0 Å². The first-order chi connectivity index (χ1) is 13.5. The average molecular weight is 413 g/mol. The minimum absolute atomic E-state index is 0.125. The first kappa shape index (κ1) is 28.4. The molecule has 0 atom stereocenters. The van der Waals surface area contributed by atoms with E-state index in [0.717, 1.165) is 37.9 Å². The van der Waals surface area contributed by atoms with Gasteiger partial charge in [0.2, 0.25) is 5.91 Å². The second-order valence-electron chi connectivity index (χ2n) is 9.87. The van der Waals surface area contributed by atoms with Gasteiger partial charge in [0, 0.05) is 51.2 Å². The third-order valence-corrected chi connectivity index (χ3v) is 6.16. The van der Waals surface area contributed by atoms with Gasteiger partial charge < -0.3 is 14.7 Å². The van der Waals surface area contributed by atoms with E-state index < -0.39 is 0 Å². The Morgan fingerprint density at radius 3 is 1.62 bits per heavy atom. The fraction of sp³-hybridized carbons (Fsp3) is 0.958. The molecule has 0 saturated carbocycles. The van der Waals surface area contributed by atoms with Gasteiger partial charge in [0.1, 0.15) is 0 Å². The van der Waals surface area contributed by atoms with E-state index in [0.29, 0.717) is 6.04 Å². The number of piperazine rings is 1. The minimum Gasteiger partial charge on any atom is -0.342 e. The highest BCUT2D eigenvalue weighted by atomic mass is 16.2. The molecule has 0 radical (unpaired) electrons. The Balaban J connectivity index is 0.000000455. The van der Waals surface area contributed by atoms with E-state index in [1.54, 1.807) is 0 Å². The van der Waals surface area contributed by atoms with Gasteiger partial charge in [-0.15, -0.1) is 0 Å². The summed E-state index contributed by atoms with van der Waals surface area (Å²) in [6.07, 6.45) is 3.54. The molecule has 5 heteroatoms. The van der Waals surface area contributed by atoms with E-state index in [4.69, 9.17) is 0 Å². The first-order valence-corrected chi connectivity index (χ1v) is 11.9. The number of carbonyl (C=O) groups excluding carboxylic acids is 1. The van der Waals surface area contributed by atoms with Crippen LogP contribution in [0.15, 0.2) is 0 Å². The fourth-order valence-electron chi connectivity index (χ4n) is 3.31. The molecule has 29 heavy (non-hydrogen) atoms. The third-order valence-electron chi connectivity index (χ3n) is 6.16. The van der Waals surface area contributed by atoms with Gasteiger partial charge in [-0.05, 0) is 59.8 Å². The van der Waals surface area contributed by atoms with Crippen LogP contribution < -0.4 is 0 Å². The van der Waals surface area contributed by atoms with Crippen LogP contribution in [0.3, 0.4) is 0 Å². The summed E-state index contributed by atoms with van der Waals surface area (Å²) in [6, 6.07) is 1.19. The van der Waals surface area contributed by atoms with Crippen molar-refractivity contribution in [2.24, 2.45) is 11.8 Å². The molecule has 2 aliphatic rings. The lowest BCUT2D eigenvalue weighted by atomic mass is 10.0. The van der Waals surface area contributed by atoms with Gasteiger partial charge in [-0.1, -0.05) is 41.0 Å². The molecule has 0 aromatic rings. The van der Waals surface area contributed by atoms with Crippen molar-refractivity contribution >= 4 is 5.91 Å². The summed E-state index contributed by atoms with van der Waals surface area (Å²) in [5, 5.41) is 0. The second kappa shape index (κ2) is 15.2. The lowest BCUT2D eigenvalue weighted by Crippen LogP contribution is -2.47. The molecule has 2 aliphatic heterocycles. The number of piperidine rings is 1. The summed E-state index contributed by atoms with van der Waals surface area (Å²) < 4.78 is 0. The SMILES string of the molecule is CC(C)C(=O)N(C)C1CCN(C)CC1.CC(C)N1CCN(C)CC1.CCC(C)C. The maximum atomic E-state index is 11.7. The number of hydrogen-bond donors (Lipinski definition) is 0. The van der Waals surface area contributed by atoms with Crippen molar-refractivity contribution in [2.45, 2.75) is 79.8 Å². The van der Waals surface area contributed by atoms with Crippen LogP contribution in [-0.2, 0) is 4.79 Å². The molecule has 0 aromatic carbocycles. The molecule has 5 nitrogen and oxygen atoms in total. The number of rotatable bonds is 4. The number of hydrogen-bond acceptors (Lipinski definition) is 4. The maximum absolute atomic E-state index is 11.7. The Morgan fingerprint density at radius 2 is 1.28 bits per heavy atom. The average Bonchev–Trinajstić information content (AvgIpc) is 2.68. The van der Waals surface area contributed by atoms with Crippen LogP contribution in [0, 0.1) is 11.8 Å². The van der Waals surface area contributed by atoms with Crippen LogP contribution in [0.4, 0.5) is 0 Å². The van der Waals surface area contributed by atoms with E-state index >= 15 is 0 Å². The summed E-state index contributed by atoms with van der Waals surface area (Å²) >= 11 is 0. The summed E-state index contributed by atoms with van der Waals surface area (Å²) in [4.78, 5) is 20.9. The van der Waals surface area contributed by atoms with Gasteiger partial charge in [-0.3, -0.25) is 9.69 Å². The Morgan fingerprint density at radius 1 is 0.862 bits per heavy atom. The van der Waals surface area contributed by atoms with Crippen LogP contribution in [0.5, 0.6) is 0 Å². The smallest absolute Gasteiger partial charge is 0.225 e. The Hall–Kier alpha value is -0.650. The highest BCUT2D eigenvalue weighted by Gasteiger charge is 2.24. The molecule has 0 N–H and O–H groups in total. The molecule has 0 unspecified atom stereocenters. The standard InChI is InChI=1S/C11H22N2O.C8H18N2.C5H12/c1-9(2)11(14)13(4)10-5-7-12(3)8-6-10;1-8(2)10-6-4-9(3)5-7-10;1-4-5(2)3/h9-10H,5-8H2,1-4H3;8H,4-7H2,1-3H3;5H,4H2,1-3H3. The van der Waals surface area contributed by atoms with E-state index in [1.165, 1.54) is 32.6 Å². The quantitative estimate of drug-likeness (QED) is 0.701. The highest BCUT2D eigenvalue weighted by molar-refractivity contribution is 5.78. The van der Waals surface area contributed by atoms with Gasteiger partial charge in [0.25, 0.3) is 0 Å². The van der Waals surface area contributed by atoms with Gasteiger partial charge in [0.15, 0.2) is 0 Å². The molecule has 174 valence electrons. The van der Waals surface area contributed by atoms with Gasteiger partial charge in [0.05, 0.1) is 0 Å². The van der Waals surface area contributed by atoms with Gasteiger partial charge in [-0.2, -0.15) is 0 Å². The predicted octanol–water partition coefficient (Wildman–Crippen LogP) is 3.89. The lowest BCUT2D eigenvalue weighted by Gasteiger charge is -2.35. The Labute approximate surface area is 182 Å². The van der Waals surface area contributed by atoms with Crippen molar-refractivity contribution in [3.05, 3.63) is 0 Å². The van der Waals surface area contributed by atoms with Crippen molar-refractivity contribution in [1.82, 2.24) is 19.6 Å². The molecule has 0 bridgehead atoms. The molecule has 2 saturated heterocycles.